The van der Waals surface area contributed by atoms with E-state index in [-0.39, 0.29) is 23.6 Å². The minimum atomic E-state index is -0.440. The van der Waals surface area contributed by atoms with Crippen LogP contribution in [0.25, 0.3) is 0 Å². The molecular formula is C26H28N6O3. The van der Waals surface area contributed by atoms with E-state index in [1.165, 1.54) is 0 Å². The number of hydrogen-bond acceptors (Lipinski definition) is 5. The Morgan fingerprint density at radius 2 is 1.74 bits per heavy atom. The number of aromatic nitrogens is 3. The Hall–Kier alpha value is -4.01. The number of rotatable bonds is 8. The average molecular weight is 473 g/mol. The van der Waals surface area contributed by atoms with Crippen molar-refractivity contribution in [2.45, 2.75) is 51.6 Å². The van der Waals surface area contributed by atoms with Crippen LogP contribution in [-0.2, 0) is 4.79 Å². The highest BCUT2D eigenvalue weighted by Crippen LogP contribution is 2.45. The molecule has 5 rings (SSSR count). The van der Waals surface area contributed by atoms with Crippen molar-refractivity contribution in [3.8, 4) is 0 Å². The minimum absolute atomic E-state index is 0.0744. The highest BCUT2D eigenvalue weighted by molar-refractivity contribution is 6.16. The maximum Gasteiger partial charge on any atom is 0.260 e. The first-order valence-corrected chi connectivity index (χ1v) is 12.0. The predicted octanol–water partition coefficient (Wildman–Crippen LogP) is 4.24. The van der Waals surface area contributed by atoms with Crippen LogP contribution in [0.4, 0.5) is 11.6 Å². The summed E-state index contributed by atoms with van der Waals surface area (Å²) in [7, 11) is 0. The molecule has 180 valence electrons. The van der Waals surface area contributed by atoms with E-state index in [9.17, 15) is 14.4 Å². The lowest BCUT2D eigenvalue weighted by Crippen LogP contribution is -2.48. The topological polar surface area (TPSA) is 111 Å². The lowest BCUT2D eigenvalue weighted by Gasteiger charge is -2.41. The van der Waals surface area contributed by atoms with Crippen molar-refractivity contribution < 1.29 is 14.4 Å². The number of amides is 3. The molecule has 1 atom stereocenters. The number of nitrogens with one attached hydrogen (secondary N) is 2. The van der Waals surface area contributed by atoms with Gasteiger partial charge in [-0.3, -0.25) is 29.7 Å². The van der Waals surface area contributed by atoms with Crippen LogP contribution in [0.2, 0.25) is 0 Å². The van der Waals surface area contributed by atoms with E-state index in [4.69, 9.17) is 0 Å². The van der Waals surface area contributed by atoms with Gasteiger partial charge in [-0.2, -0.15) is 4.98 Å². The molecular weight excluding hydrogens is 444 g/mol. The molecule has 0 spiro atoms. The maximum atomic E-state index is 13.4. The predicted molar refractivity (Wildman–Crippen MR) is 131 cm³/mol. The molecule has 0 radical (unpaired) electrons. The fourth-order valence-electron chi connectivity index (χ4n) is 4.72. The number of hydrogen-bond donors (Lipinski definition) is 2. The molecule has 2 aliphatic heterocycles. The lowest BCUT2D eigenvalue weighted by molar-refractivity contribution is -0.116. The summed E-state index contributed by atoms with van der Waals surface area (Å²) in [6.45, 7) is 4.49. The second-order valence-corrected chi connectivity index (χ2v) is 9.21. The summed E-state index contributed by atoms with van der Waals surface area (Å²) in [5, 5.41) is 9.56. The highest BCUT2D eigenvalue weighted by atomic mass is 16.2. The zero-order valence-corrected chi connectivity index (χ0v) is 19.8. The SMILES string of the molecule is CC(C)c1nc(NC(=O)CCCCCN2C(=O)c3ccccc3N3C(=O)c4ccccc4C23)n[nH]1. The van der Waals surface area contributed by atoms with Crippen LogP contribution in [0.3, 0.4) is 0 Å². The summed E-state index contributed by atoms with van der Waals surface area (Å²) in [5.74, 6) is 0.934. The van der Waals surface area contributed by atoms with Gasteiger partial charge in [-0.05, 0) is 31.0 Å². The summed E-state index contributed by atoms with van der Waals surface area (Å²) < 4.78 is 0. The summed E-state index contributed by atoms with van der Waals surface area (Å²) in [5.41, 5.74) is 2.68. The number of nitrogens with zero attached hydrogens (tertiary/aromatic N) is 4. The molecule has 9 nitrogen and oxygen atoms in total. The van der Waals surface area contributed by atoms with Crippen LogP contribution in [0.15, 0.2) is 48.5 Å². The third-order valence-electron chi connectivity index (χ3n) is 6.49. The van der Waals surface area contributed by atoms with Crippen molar-refractivity contribution >= 4 is 29.4 Å². The van der Waals surface area contributed by atoms with Crippen molar-refractivity contribution in [1.29, 1.82) is 0 Å². The first-order chi connectivity index (χ1) is 17.0. The van der Waals surface area contributed by atoms with Gasteiger partial charge in [0.15, 0.2) is 0 Å². The van der Waals surface area contributed by atoms with Crippen molar-refractivity contribution in [3.05, 3.63) is 71.0 Å². The number of H-pyrrole nitrogens is 1. The zero-order valence-electron chi connectivity index (χ0n) is 19.8. The normalized spacial score (nSPS) is 16.4. The second-order valence-electron chi connectivity index (χ2n) is 9.21. The van der Waals surface area contributed by atoms with Gasteiger partial charge in [-0.15, -0.1) is 5.10 Å². The van der Waals surface area contributed by atoms with Gasteiger partial charge in [0, 0.05) is 30.0 Å². The number of benzene rings is 2. The van der Waals surface area contributed by atoms with E-state index < -0.39 is 6.17 Å². The Balaban J connectivity index is 1.22. The molecule has 0 fully saturated rings. The Morgan fingerprint density at radius 1 is 1.00 bits per heavy atom. The molecule has 9 heteroatoms. The van der Waals surface area contributed by atoms with Gasteiger partial charge in [-0.1, -0.05) is 50.6 Å². The van der Waals surface area contributed by atoms with Gasteiger partial charge in [0.25, 0.3) is 11.8 Å². The van der Waals surface area contributed by atoms with Gasteiger partial charge < -0.3 is 4.90 Å². The fraction of sp³-hybridized carbons (Fsp3) is 0.346. The van der Waals surface area contributed by atoms with E-state index in [1.807, 2.05) is 56.3 Å². The molecule has 2 N–H and O–H groups in total. The van der Waals surface area contributed by atoms with E-state index >= 15 is 0 Å². The van der Waals surface area contributed by atoms with E-state index in [2.05, 4.69) is 20.5 Å². The van der Waals surface area contributed by atoms with E-state index in [1.54, 1.807) is 15.9 Å². The van der Waals surface area contributed by atoms with Crippen molar-refractivity contribution in [1.82, 2.24) is 20.1 Å². The van der Waals surface area contributed by atoms with Crippen LogP contribution in [0.5, 0.6) is 0 Å². The molecule has 0 bridgehead atoms. The smallest absolute Gasteiger partial charge is 0.260 e. The number of carbonyl (C=O) groups is 3. The number of fused-ring (bicyclic) bond motifs is 5. The molecule has 0 saturated carbocycles. The summed E-state index contributed by atoms with van der Waals surface area (Å²) in [4.78, 5) is 46.7. The molecule has 0 aliphatic carbocycles. The highest BCUT2D eigenvalue weighted by Gasteiger charge is 2.47. The number of unbranched alkanes of at least 4 members (excludes halogenated alkanes) is 2. The zero-order chi connectivity index (χ0) is 24.5. The fourth-order valence-corrected chi connectivity index (χ4v) is 4.72. The Morgan fingerprint density at radius 3 is 2.51 bits per heavy atom. The molecule has 3 heterocycles. The summed E-state index contributed by atoms with van der Waals surface area (Å²) >= 11 is 0. The minimum Gasteiger partial charge on any atom is -0.313 e. The molecule has 2 aromatic carbocycles. The molecule has 1 unspecified atom stereocenters. The number of aromatic amines is 1. The first kappa shape index (κ1) is 22.8. The van der Waals surface area contributed by atoms with Crippen LogP contribution in [0, 0.1) is 0 Å². The molecule has 1 aromatic heterocycles. The van der Waals surface area contributed by atoms with E-state index in [0.29, 0.717) is 42.1 Å². The first-order valence-electron chi connectivity index (χ1n) is 12.0. The standard InChI is InChI=1S/C26H28N6O3/c1-16(2)22-28-26(30-29-22)27-21(33)14-4-3-9-15-31-23-17-10-5-6-11-18(17)25(35)32(23)20-13-8-7-12-19(20)24(31)34/h5-8,10-13,16,23H,3-4,9,14-15H2,1-2H3,(H2,27,28,29,30,33). The third-order valence-corrected chi connectivity index (χ3v) is 6.49. The third kappa shape index (κ3) is 4.18. The number of carbonyl (C=O) groups excluding carboxylic acids is 3. The number of para-hydroxylation sites is 1. The van der Waals surface area contributed by atoms with Gasteiger partial charge >= 0.3 is 0 Å². The van der Waals surface area contributed by atoms with Gasteiger partial charge in [0.1, 0.15) is 12.0 Å². The van der Waals surface area contributed by atoms with Gasteiger partial charge in [0.2, 0.25) is 11.9 Å². The summed E-state index contributed by atoms with van der Waals surface area (Å²) in [6.07, 6.45) is 2.08. The van der Waals surface area contributed by atoms with Gasteiger partial charge in [0.05, 0.1) is 11.3 Å². The Bertz CT molecular complexity index is 1280. The van der Waals surface area contributed by atoms with Crippen molar-refractivity contribution in [2.24, 2.45) is 0 Å². The number of anilines is 2. The maximum absolute atomic E-state index is 13.4. The van der Waals surface area contributed by atoms with Crippen LogP contribution < -0.4 is 10.2 Å². The van der Waals surface area contributed by atoms with Crippen LogP contribution in [0.1, 0.15) is 83.7 Å². The van der Waals surface area contributed by atoms with Crippen LogP contribution in [-0.4, -0.2) is 44.3 Å². The average Bonchev–Trinajstić information content (AvgIpc) is 3.44. The molecule has 0 saturated heterocycles. The van der Waals surface area contributed by atoms with Gasteiger partial charge in [-0.25, -0.2) is 0 Å². The largest absolute Gasteiger partial charge is 0.313 e. The quantitative estimate of drug-likeness (QED) is 0.476. The molecule has 2 aliphatic rings. The second kappa shape index (κ2) is 9.32. The summed E-state index contributed by atoms with van der Waals surface area (Å²) in [6, 6.07) is 14.8. The monoisotopic (exact) mass is 472 g/mol. The van der Waals surface area contributed by atoms with Crippen LogP contribution >= 0.6 is 0 Å². The lowest BCUT2D eigenvalue weighted by atomic mass is 10.0. The Kier molecular flexibility index (Phi) is 6.07. The molecule has 3 aromatic rings. The molecule has 3 amide bonds. The van der Waals surface area contributed by atoms with Crippen molar-refractivity contribution in [2.75, 3.05) is 16.8 Å². The van der Waals surface area contributed by atoms with Crippen molar-refractivity contribution in [3.63, 3.8) is 0 Å². The molecule has 35 heavy (non-hydrogen) atoms. The van der Waals surface area contributed by atoms with E-state index in [0.717, 1.165) is 24.2 Å². The Labute approximate surface area is 203 Å².